The molecule has 0 bridgehead atoms. The van der Waals surface area contributed by atoms with Crippen LogP contribution in [0, 0.1) is 0 Å². The maximum Gasteiger partial charge on any atom is 0.220 e. The molecular weight excluding hydrogens is 310 g/mol. The fourth-order valence-electron chi connectivity index (χ4n) is 2.25. The second-order valence-electron chi connectivity index (χ2n) is 5.23. The lowest BCUT2D eigenvalue weighted by molar-refractivity contribution is -0.120. The van der Waals surface area contributed by atoms with Crippen molar-refractivity contribution in [2.75, 3.05) is 12.3 Å². The van der Waals surface area contributed by atoms with E-state index < -0.39 is 0 Å². The number of hydrogen-bond acceptors (Lipinski definition) is 5. The first-order valence-corrected chi connectivity index (χ1v) is 8.76. The smallest absolute Gasteiger partial charge is 0.220 e. The van der Waals surface area contributed by atoms with Crippen molar-refractivity contribution >= 4 is 34.2 Å². The molecule has 23 heavy (non-hydrogen) atoms. The Hall–Kier alpha value is -2.15. The lowest BCUT2D eigenvalue weighted by atomic mass is 10.2. The number of hydrogen-bond donors (Lipinski definition) is 1. The van der Waals surface area contributed by atoms with Gasteiger partial charge in [0.1, 0.15) is 6.33 Å². The number of carbonyl (C=O) groups excluding carboxylic acids is 1. The molecule has 0 saturated carbocycles. The van der Waals surface area contributed by atoms with Gasteiger partial charge in [0.05, 0.1) is 5.52 Å². The van der Waals surface area contributed by atoms with Crippen LogP contribution >= 0.6 is 11.8 Å². The highest BCUT2D eigenvalue weighted by Gasteiger charge is 2.09. The Morgan fingerprint density at radius 1 is 1.35 bits per heavy atom. The highest BCUT2D eigenvalue weighted by Crippen LogP contribution is 2.20. The number of nitrogens with zero attached hydrogens (tertiary/aromatic N) is 4. The summed E-state index contributed by atoms with van der Waals surface area (Å²) in [6, 6.07) is 7.86. The van der Waals surface area contributed by atoms with Gasteiger partial charge in [-0.2, -0.15) is 0 Å². The summed E-state index contributed by atoms with van der Waals surface area (Å²) >= 11 is 1.49. The van der Waals surface area contributed by atoms with Gasteiger partial charge >= 0.3 is 0 Å². The van der Waals surface area contributed by atoms with Crippen LogP contribution in [-0.4, -0.2) is 37.8 Å². The van der Waals surface area contributed by atoms with Gasteiger partial charge in [0.2, 0.25) is 11.1 Å². The summed E-state index contributed by atoms with van der Waals surface area (Å²) in [5, 5.41) is 8.97. The van der Waals surface area contributed by atoms with E-state index in [4.69, 9.17) is 0 Å². The molecule has 2 aromatic heterocycles. The molecule has 0 radical (unpaired) electrons. The fourth-order valence-corrected chi connectivity index (χ4v) is 3.02. The van der Waals surface area contributed by atoms with Gasteiger partial charge < -0.3 is 5.32 Å². The Bertz CT molecular complexity index is 816. The quantitative estimate of drug-likeness (QED) is 0.533. The number of amides is 1. The number of carbonyl (C=O) groups is 1. The average molecular weight is 329 g/mol. The van der Waals surface area contributed by atoms with Gasteiger partial charge in [0.25, 0.3) is 0 Å². The van der Waals surface area contributed by atoms with Crippen LogP contribution < -0.4 is 5.32 Å². The van der Waals surface area contributed by atoms with Crippen molar-refractivity contribution in [3.05, 3.63) is 30.6 Å². The molecule has 0 spiro atoms. The van der Waals surface area contributed by atoms with E-state index in [0.717, 1.165) is 35.9 Å². The van der Waals surface area contributed by atoms with Gasteiger partial charge in [-0.3, -0.25) is 4.79 Å². The highest BCUT2D eigenvalue weighted by atomic mass is 32.2. The van der Waals surface area contributed by atoms with Crippen LogP contribution in [0.2, 0.25) is 0 Å². The van der Waals surface area contributed by atoms with Crippen LogP contribution in [0.25, 0.3) is 16.6 Å². The normalized spacial score (nSPS) is 11.2. The molecule has 0 unspecified atom stereocenters. The van der Waals surface area contributed by atoms with Crippen LogP contribution in [0.1, 0.15) is 26.2 Å². The van der Waals surface area contributed by atoms with Gasteiger partial charge in [-0.15, -0.1) is 5.10 Å². The summed E-state index contributed by atoms with van der Waals surface area (Å²) in [4.78, 5) is 20.6. The number of fused-ring (bicyclic) bond motifs is 3. The molecule has 3 aromatic rings. The summed E-state index contributed by atoms with van der Waals surface area (Å²) in [7, 11) is 0. The van der Waals surface area contributed by atoms with Crippen molar-refractivity contribution in [2.45, 2.75) is 31.3 Å². The minimum atomic E-state index is 0.0850. The van der Waals surface area contributed by atoms with Crippen LogP contribution in [0.3, 0.4) is 0 Å². The van der Waals surface area contributed by atoms with Gasteiger partial charge in [-0.25, -0.2) is 14.5 Å². The van der Waals surface area contributed by atoms with E-state index in [1.165, 1.54) is 11.8 Å². The number of nitrogens with one attached hydrogen (secondary N) is 1. The summed E-state index contributed by atoms with van der Waals surface area (Å²) < 4.78 is 1.69. The van der Waals surface area contributed by atoms with Gasteiger partial charge in [0, 0.05) is 24.1 Å². The minimum Gasteiger partial charge on any atom is -0.356 e. The molecule has 3 rings (SSSR count). The topological polar surface area (TPSA) is 72.2 Å². The monoisotopic (exact) mass is 329 g/mol. The molecule has 0 aliphatic rings. The fraction of sp³-hybridized carbons (Fsp3) is 0.375. The summed E-state index contributed by atoms with van der Waals surface area (Å²) in [5.41, 5.74) is 1.70. The van der Waals surface area contributed by atoms with Crippen LogP contribution in [0.5, 0.6) is 0 Å². The Morgan fingerprint density at radius 3 is 3.09 bits per heavy atom. The molecule has 7 heteroatoms. The maximum absolute atomic E-state index is 11.7. The summed E-state index contributed by atoms with van der Waals surface area (Å²) in [6.07, 6.45) is 4.25. The molecule has 0 atom stereocenters. The SMILES string of the molecule is CCCCNC(=O)CCSc1nc2c3ccccc3ncn2n1. The first-order chi connectivity index (χ1) is 11.3. The van der Waals surface area contributed by atoms with Gasteiger partial charge in [0.15, 0.2) is 5.65 Å². The van der Waals surface area contributed by atoms with Crippen molar-refractivity contribution in [3.63, 3.8) is 0 Å². The van der Waals surface area contributed by atoms with Crippen LogP contribution in [0.15, 0.2) is 35.7 Å². The molecule has 1 aromatic carbocycles. The third kappa shape index (κ3) is 3.79. The minimum absolute atomic E-state index is 0.0850. The second-order valence-corrected chi connectivity index (χ2v) is 6.29. The number of aromatic nitrogens is 4. The first kappa shape index (κ1) is 15.7. The number of para-hydroxylation sites is 1. The van der Waals surface area contributed by atoms with Crippen molar-refractivity contribution in [3.8, 4) is 0 Å². The number of thioether (sulfide) groups is 1. The third-order valence-corrected chi connectivity index (χ3v) is 4.32. The molecule has 6 nitrogen and oxygen atoms in total. The van der Waals surface area contributed by atoms with Gasteiger partial charge in [-0.05, 0) is 18.6 Å². The van der Waals surface area contributed by atoms with Crippen molar-refractivity contribution in [1.82, 2.24) is 24.9 Å². The summed E-state index contributed by atoms with van der Waals surface area (Å²) in [5.74, 6) is 0.752. The van der Waals surface area contributed by atoms with Crippen molar-refractivity contribution in [2.24, 2.45) is 0 Å². The predicted molar refractivity (Wildman–Crippen MR) is 91.5 cm³/mol. The van der Waals surface area contributed by atoms with Crippen LogP contribution in [0.4, 0.5) is 0 Å². The Morgan fingerprint density at radius 2 is 2.22 bits per heavy atom. The molecule has 0 fully saturated rings. The average Bonchev–Trinajstić information content (AvgIpc) is 2.98. The molecule has 120 valence electrons. The zero-order chi connectivity index (χ0) is 16.1. The number of benzene rings is 1. The maximum atomic E-state index is 11.7. The Kier molecular flexibility index (Phi) is 5.07. The van der Waals surface area contributed by atoms with E-state index in [1.807, 2.05) is 24.3 Å². The second kappa shape index (κ2) is 7.41. The van der Waals surface area contributed by atoms with E-state index in [9.17, 15) is 4.79 Å². The molecule has 0 aliphatic heterocycles. The zero-order valence-corrected chi connectivity index (χ0v) is 13.8. The highest BCUT2D eigenvalue weighted by molar-refractivity contribution is 7.99. The lowest BCUT2D eigenvalue weighted by Gasteiger charge is -2.02. The molecule has 1 amide bonds. The first-order valence-electron chi connectivity index (χ1n) is 7.77. The Balaban J connectivity index is 1.63. The molecular formula is C16H19N5OS. The standard InChI is InChI=1S/C16H19N5OS/c1-2-3-9-17-14(22)8-10-23-16-19-15-12-6-4-5-7-13(12)18-11-21(15)20-16/h4-7,11H,2-3,8-10H2,1H3,(H,17,22). The Labute approximate surface area is 138 Å². The number of unbranched alkanes of at least 4 members (excludes halogenated alkanes) is 1. The zero-order valence-electron chi connectivity index (χ0n) is 13.0. The van der Waals surface area contributed by atoms with E-state index in [0.29, 0.717) is 17.3 Å². The largest absolute Gasteiger partial charge is 0.356 e. The van der Waals surface area contributed by atoms with E-state index in [-0.39, 0.29) is 5.91 Å². The van der Waals surface area contributed by atoms with Gasteiger partial charge in [-0.1, -0.05) is 37.2 Å². The predicted octanol–water partition coefficient (Wildman–Crippen LogP) is 2.68. The van der Waals surface area contributed by atoms with Crippen molar-refractivity contribution < 1.29 is 4.79 Å². The molecule has 1 N–H and O–H groups in total. The third-order valence-electron chi connectivity index (χ3n) is 3.48. The summed E-state index contributed by atoms with van der Waals surface area (Å²) in [6.45, 7) is 2.86. The lowest BCUT2D eigenvalue weighted by Crippen LogP contribution is -2.24. The molecule has 0 saturated heterocycles. The van der Waals surface area contributed by atoms with E-state index in [2.05, 4.69) is 27.3 Å². The van der Waals surface area contributed by atoms with Crippen LogP contribution in [-0.2, 0) is 4.79 Å². The molecule has 2 heterocycles. The number of rotatable bonds is 7. The molecule has 0 aliphatic carbocycles. The van der Waals surface area contributed by atoms with E-state index in [1.54, 1.807) is 10.8 Å². The van der Waals surface area contributed by atoms with Crippen molar-refractivity contribution in [1.29, 1.82) is 0 Å². The van der Waals surface area contributed by atoms with E-state index >= 15 is 0 Å².